The summed E-state index contributed by atoms with van der Waals surface area (Å²) in [5, 5.41) is 0. The molecule has 0 aliphatic heterocycles. The van der Waals surface area contributed by atoms with E-state index in [9.17, 15) is 9.18 Å². The highest BCUT2D eigenvalue weighted by atomic mass is 19.1. The second kappa shape index (κ2) is 7.01. The van der Waals surface area contributed by atoms with Crippen LogP contribution >= 0.6 is 0 Å². The molecule has 1 atom stereocenters. The molecule has 0 spiro atoms. The zero-order valence-electron chi connectivity index (χ0n) is 10.6. The van der Waals surface area contributed by atoms with Gasteiger partial charge in [0.25, 0.3) is 0 Å². The number of carbonyl (C=O) groups is 1. The molecule has 0 heterocycles. The number of nitrogens with zero attached hydrogens (tertiary/aromatic N) is 1. The molecule has 0 rings (SSSR count). The molecular weight excluding hydrogens is 225 g/mol. The van der Waals surface area contributed by atoms with E-state index in [0.717, 1.165) is 0 Å². The Morgan fingerprint density at radius 2 is 2.24 bits per heavy atom. The van der Waals surface area contributed by atoms with Crippen molar-refractivity contribution in [2.75, 3.05) is 13.7 Å². The Morgan fingerprint density at radius 3 is 2.71 bits per heavy atom. The maximum Gasteiger partial charge on any atom is 0.367 e. The fourth-order valence-corrected chi connectivity index (χ4v) is 1.13. The molecule has 0 amide bonds. The molecule has 1 unspecified atom stereocenters. The minimum Gasteiger partial charge on any atom is -0.464 e. The van der Waals surface area contributed by atoms with Crippen LogP contribution in [0.2, 0.25) is 0 Å². The number of rotatable bonds is 6. The number of esters is 1. The van der Waals surface area contributed by atoms with Gasteiger partial charge in [-0.1, -0.05) is 0 Å². The lowest BCUT2D eigenvalue weighted by Crippen LogP contribution is -2.75. The van der Waals surface area contributed by atoms with Crippen LogP contribution in [0, 0.1) is 0 Å². The van der Waals surface area contributed by atoms with Gasteiger partial charge < -0.3 is 16.2 Å². The molecule has 0 fully saturated rings. The smallest absolute Gasteiger partial charge is 0.367 e. The molecule has 0 saturated heterocycles. The van der Waals surface area contributed by atoms with Crippen LogP contribution in [0.1, 0.15) is 26.7 Å². The third-order valence-electron chi connectivity index (χ3n) is 2.25. The summed E-state index contributed by atoms with van der Waals surface area (Å²) in [6, 6.07) is 0. The number of quaternary nitrogens is 1. The van der Waals surface area contributed by atoms with Crippen LogP contribution in [-0.4, -0.2) is 31.0 Å². The number of hydrogen-bond acceptors (Lipinski definition) is 3. The number of hydrogen-bond donors (Lipinski definition) is 2. The molecule has 0 aromatic carbocycles. The van der Waals surface area contributed by atoms with E-state index in [0.29, 0.717) is 5.84 Å². The van der Waals surface area contributed by atoms with E-state index in [1.54, 1.807) is 13.8 Å². The molecule has 17 heavy (non-hydrogen) atoms. The van der Waals surface area contributed by atoms with E-state index < -0.39 is 11.5 Å². The lowest BCUT2D eigenvalue weighted by atomic mass is 9.97. The summed E-state index contributed by atoms with van der Waals surface area (Å²) in [4.78, 5) is 15.1. The largest absolute Gasteiger partial charge is 0.464 e. The van der Waals surface area contributed by atoms with Gasteiger partial charge in [0.05, 0.1) is 25.3 Å². The number of methoxy groups -OCH3 is 1. The summed E-state index contributed by atoms with van der Waals surface area (Å²) in [5.41, 5.74) is 8.09. The zero-order valence-corrected chi connectivity index (χ0v) is 10.6. The fourth-order valence-electron chi connectivity index (χ4n) is 1.13. The summed E-state index contributed by atoms with van der Waals surface area (Å²) in [5.74, 6) is -0.361. The van der Waals surface area contributed by atoms with Crippen molar-refractivity contribution in [1.29, 1.82) is 0 Å². The monoisotopic (exact) mass is 246 g/mol. The highest BCUT2D eigenvalue weighted by Crippen LogP contribution is 2.14. The molecule has 0 bridgehead atoms. The van der Waals surface area contributed by atoms with Crippen LogP contribution in [0.15, 0.2) is 16.9 Å². The first kappa shape index (κ1) is 15.6. The van der Waals surface area contributed by atoms with Crippen molar-refractivity contribution in [2.24, 2.45) is 10.7 Å². The van der Waals surface area contributed by atoms with Crippen LogP contribution in [0.5, 0.6) is 0 Å². The van der Waals surface area contributed by atoms with Gasteiger partial charge >= 0.3 is 5.97 Å². The molecule has 0 aromatic heterocycles. The van der Waals surface area contributed by atoms with E-state index in [2.05, 4.69) is 15.5 Å². The minimum atomic E-state index is -0.924. The van der Waals surface area contributed by atoms with Gasteiger partial charge in [-0.3, -0.25) is 4.99 Å². The summed E-state index contributed by atoms with van der Waals surface area (Å²) >= 11 is 0. The molecule has 0 saturated carbocycles. The number of allylic oxidation sites excluding steroid dienone is 1. The average Bonchev–Trinajstić information content (AvgIpc) is 2.24. The first-order valence-electron chi connectivity index (χ1n) is 5.34. The van der Waals surface area contributed by atoms with Gasteiger partial charge in [-0.25, -0.2) is 9.18 Å². The van der Waals surface area contributed by atoms with Crippen LogP contribution < -0.4 is 11.5 Å². The van der Waals surface area contributed by atoms with Gasteiger partial charge in [-0.15, -0.1) is 0 Å². The van der Waals surface area contributed by atoms with Crippen molar-refractivity contribution in [3.05, 3.63) is 11.9 Å². The number of carbonyl (C=O) groups excluding carboxylic acids is 1. The normalized spacial score (nSPS) is 16.5. The van der Waals surface area contributed by atoms with E-state index in [4.69, 9.17) is 5.73 Å². The topological polar surface area (TPSA) is 92.3 Å². The minimum absolute atomic E-state index is 0.133. The van der Waals surface area contributed by atoms with Crippen LogP contribution in [0.4, 0.5) is 4.39 Å². The Balaban J connectivity index is 4.19. The fraction of sp³-hybridized carbons (Fsp3) is 0.636. The maximum atomic E-state index is 13.3. The SMILES string of the molecule is COC(=O)C(C)([NH3+])CC/C(F)=C\CN=C(C)N. The number of halogens is 1. The quantitative estimate of drug-likeness (QED) is 0.397. The van der Waals surface area contributed by atoms with E-state index in [-0.39, 0.29) is 25.2 Å². The van der Waals surface area contributed by atoms with Crippen LogP contribution in [0.25, 0.3) is 0 Å². The maximum absolute atomic E-state index is 13.3. The molecular formula is C11H21FN3O2+. The number of aliphatic imine (C=N–C) groups is 1. The molecule has 0 aliphatic carbocycles. The highest BCUT2D eigenvalue weighted by molar-refractivity contribution is 5.78. The average molecular weight is 246 g/mol. The molecule has 5 N–H and O–H groups in total. The van der Waals surface area contributed by atoms with Crippen molar-refractivity contribution < 1.29 is 19.7 Å². The standard InChI is InChI=1S/C11H20FN3O2/c1-8(13)15-7-5-9(12)4-6-11(2,14)10(16)17-3/h5H,4,6-7,14H2,1-3H3,(H2,13,15)/p+1/b9-5+. The van der Waals surface area contributed by atoms with Crippen molar-refractivity contribution >= 4 is 11.8 Å². The van der Waals surface area contributed by atoms with Crippen molar-refractivity contribution in [1.82, 2.24) is 0 Å². The Kier molecular flexibility index (Phi) is 6.42. The van der Waals surface area contributed by atoms with E-state index in [1.807, 2.05) is 0 Å². The molecule has 98 valence electrons. The Labute approximate surface area is 101 Å². The molecule has 6 heteroatoms. The number of nitrogens with two attached hydrogens (primary N) is 1. The number of amidine groups is 1. The predicted molar refractivity (Wildman–Crippen MR) is 63.9 cm³/mol. The van der Waals surface area contributed by atoms with Gasteiger partial charge in [0.1, 0.15) is 0 Å². The first-order valence-corrected chi connectivity index (χ1v) is 5.34. The summed E-state index contributed by atoms with van der Waals surface area (Å²) in [7, 11) is 1.29. The van der Waals surface area contributed by atoms with Crippen molar-refractivity contribution in [2.45, 2.75) is 32.2 Å². The summed E-state index contributed by atoms with van der Waals surface area (Å²) in [6.45, 7) is 3.46. The lowest BCUT2D eigenvalue weighted by molar-refractivity contribution is -0.458. The Bertz CT molecular complexity index is 321. The van der Waals surface area contributed by atoms with E-state index in [1.165, 1.54) is 13.2 Å². The predicted octanol–water partition coefficient (Wildman–Crippen LogP) is 0.171. The van der Waals surface area contributed by atoms with Gasteiger partial charge in [0.2, 0.25) is 0 Å². The number of ether oxygens (including phenoxy) is 1. The van der Waals surface area contributed by atoms with Gasteiger partial charge in [-0.2, -0.15) is 0 Å². The first-order chi connectivity index (χ1) is 7.79. The second-order valence-corrected chi connectivity index (χ2v) is 4.19. The summed E-state index contributed by atoms with van der Waals surface area (Å²) in [6.07, 6.45) is 1.76. The molecule has 0 radical (unpaired) electrons. The highest BCUT2D eigenvalue weighted by Gasteiger charge is 2.33. The Morgan fingerprint density at radius 1 is 1.65 bits per heavy atom. The van der Waals surface area contributed by atoms with Gasteiger partial charge in [0.15, 0.2) is 5.54 Å². The third-order valence-corrected chi connectivity index (χ3v) is 2.25. The second-order valence-electron chi connectivity index (χ2n) is 4.19. The molecule has 0 aliphatic rings. The van der Waals surface area contributed by atoms with E-state index >= 15 is 0 Å². The van der Waals surface area contributed by atoms with Crippen molar-refractivity contribution in [3.8, 4) is 0 Å². The van der Waals surface area contributed by atoms with Crippen molar-refractivity contribution in [3.63, 3.8) is 0 Å². The van der Waals surface area contributed by atoms with Gasteiger partial charge in [0, 0.05) is 19.8 Å². The third kappa shape index (κ3) is 6.68. The van der Waals surface area contributed by atoms with Crippen LogP contribution in [-0.2, 0) is 9.53 Å². The Hall–Kier alpha value is -1.43. The summed E-state index contributed by atoms with van der Waals surface area (Å²) < 4.78 is 17.9. The van der Waals surface area contributed by atoms with Crippen LogP contribution in [0.3, 0.4) is 0 Å². The molecule has 0 aromatic rings. The van der Waals surface area contributed by atoms with Gasteiger partial charge in [-0.05, 0) is 13.0 Å². The molecule has 5 nitrogen and oxygen atoms in total. The lowest BCUT2D eigenvalue weighted by Gasteiger charge is -2.16. The zero-order chi connectivity index (χ0) is 13.5.